The Labute approximate surface area is 112 Å². The molecule has 19 heavy (non-hydrogen) atoms. The second-order valence-electron chi connectivity index (χ2n) is 4.94. The molecule has 0 radical (unpaired) electrons. The second-order valence-corrected chi connectivity index (χ2v) is 4.94. The van der Waals surface area contributed by atoms with Crippen LogP contribution in [0.1, 0.15) is 5.69 Å². The number of hydrogen-bond acceptors (Lipinski definition) is 4. The van der Waals surface area contributed by atoms with Crippen molar-refractivity contribution in [2.24, 2.45) is 5.10 Å². The van der Waals surface area contributed by atoms with Crippen LogP contribution in [0.15, 0.2) is 35.6 Å². The summed E-state index contributed by atoms with van der Waals surface area (Å²) in [5.74, 6) is 0. The Hall–Kier alpha value is -2.01. The van der Waals surface area contributed by atoms with Gasteiger partial charge in [0.15, 0.2) is 0 Å². The van der Waals surface area contributed by atoms with E-state index in [0.29, 0.717) is 0 Å². The summed E-state index contributed by atoms with van der Waals surface area (Å²) in [7, 11) is 2.22. The number of likely N-dealkylation sites (N-methyl/N-ethyl adjacent to an activating group) is 1. The summed E-state index contributed by atoms with van der Waals surface area (Å²) in [6, 6.07) is 7.88. The lowest BCUT2D eigenvalue weighted by Crippen LogP contribution is -3.11. The number of benzene rings is 1. The van der Waals surface area contributed by atoms with Gasteiger partial charge in [-0.2, -0.15) is 5.10 Å². The van der Waals surface area contributed by atoms with Crippen LogP contribution in [0, 0.1) is 0 Å². The SMILES string of the molecule is C[NH+]1CCN(/N=C\c2cnc3ccccc3n2)CC1. The van der Waals surface area contributed by atoms with Crippen molar-refractivity contribution < 1.29 is 4.90 Å². The minimum absolute atomic E-state index is 0.810. The van der Waals surface area contributed by atoms with Crippen molar-refractivity contribution in [2.75, 3.05) is 33.2 Å². The molecule has 5 nitrogen and oxygen atoms in total. The van der Waals surface area contributed by atoms with Gasteiger partial charge in [-0.3, -0.25) is 9.99 Å². The molecule has 1 aromatic heterocycles. The van der Waals surface area contributed by atoms with Gasteiger partial charge in [-0.25, -0.2) is 4.98 Å². The molecule has 0 spiro atoms. The summed E-state index contributed by atoms with van der Waals surface area (Å²) in [6.45, 7) is 4.29. The number of nitrogens with zero attached hydrogens (tertiary/aromatic N) is 4. The van der Waals surface area contributed by atoms with E-state index in [4.69, 9.17) is 0 Å². The lowest BCUT2D eigenvalue weighted by atomic mass is 10.3. The van der Waals surface area contributed by atoms with Crippen molar-refractivity contribution in [3.63, 3.8) is 0 Å². The van der Waals surface area contributed by atoms with Crippen molar-refractivity contribution in [1.82, 2.24) is 15.0 Å². The predicted octanol–water partition coefficient (Wildman–Crippen LogP) is -0.206. The van der Waals surface area contributed by atoms with E-state index < -0.39 is 0 Å². The molecular formula is C14H18N5+. The van der Waals surface area contributed by atoms with E-state index in [1.165, 1.54) is 0 Å². The number of fused-ring (bicyclic) bond motifs is 1. The molecule has 0 aliphatic carbocycles. The maximum absolute atomic E-state index is 4.53. The molecule has 0 saturated carbocycles. The Morgan fingerprint density at radius 3 is 2.74 bits per heavy atom. The number of hydrogen-bond donors (Lipinski definition) is 1. The van der Waals surface area contributed by atoms with Crippen LogP contribution in [-0.2, 0) is 0 Å². The number of nitrogens with one attached hydrogen (secondary N) is 1. The minimum Gasteiger partial charge on any atom is -0.334 e. The number of rotatable bonds is 2. The van der Waals surface area contributed by atoms with Crippen molar-refractivity contribution in [1.29, 1.82) is 0 Å². The Bertz CT molecular complexity index is 587. The fourth-order valence-electron chi connectivity index (χ4n) is 2.17. The maximum Gasteiger partial charge on any atom is 0.102 e. The van der Waals surface area contributed by atoms with Crippen LogP contribution in [0.2, 0.25) is 0 Å². The van der Waals surface area contributed by atoms with Crippen LogP contribution in [0.3, 0.4) is 0 Å². The maximum atomic E-state index is 4.53. The number of aromatic nitrogens is 2. The zero-order valence-electron chi connectivity index (χ0n) is 11.1. The van der Waals surface area contributed by atoms with Gasteiger partial charge in [-0.05, 0) is 12.1 Å². The third-order valence-corrected chi connectivity index (χ3v) is 3.41. The first-order valence-electron chi connectivity index (χ1n) is 6.63. The highest BCUT2D eigenvalue weighted by Gasteiger charge is 2.13. The minimum atomic E-state index is 0.810. The molecule has 1 aromatic carbocycles. The van der Waals surface area contributed by atoms with E-state index in [-0.39, 0.29) is 0 Å². The van der Waals surface area contributed by atoms with Gasteiger partial charge in [0.25, 0.3) is 0 Å². The molecule has 0 amide bonds. The zero-order chi connectivity index (χ0) is 13.1. The van der Waals surface area contributed by atoms with Crippen LogP contribution >= 0.6 is 0 Å². The first-order chi connectivity index (χ1) is 9.31. The average Bonchev–Trinajstić information content (AvgIpc) is 2.46. The quantitative estimate of drug-likeness (QED) is 0.757. The summed E-state index contributed by atoms with van der Waals surface area (Å²) in [4.78, 5) is 10.5. The Balaban J connectivity index is 1.74. The summed E-state index contributed by atoms with van der Waals surface area (Å²) in [6.07, 6.45) is 3.58. The summed E-state index contributed by atoms with van der Waals surface area (Å²) < 4.78 is 0. The molecule has 1 aliphatic heterocycles. The Morgan fingerprint density at radius 2 is 1.95 bits per heavy atom. The fourth-order valence-corrected chi connectivity index (χ4v) is 2.17. The van der Waals surface area contributed by atoms with Crippen LogP contribution in [-0.4, -0.2) is 54.4 Å². The van der Waals surface area contributed by atoms with Gasteiger partial charge in [-0.1, -0.05) is 12.1 Å². The van der Waals surface area contributed by atoms with E-state index in [2.05, 4.69) is 27.1 Å². The summed E-state index contributed by atoms with van der Waals surface area (Å²) >= 11 is 0. The van der Waals surface area contributed by atoms with E-state index in [1.54, 1.807) is 17.3 Å². The lowest BCUT2D eigenvalue weighted by molar-refractivity contribution is -0.884. The highest BCUT2D eigenvalue weighted by Crippen LogP contribution is 2.07. The molecule has 0 bridgehead atoms. The average molecular weight is 256 g/mol. The monoisotopic (exact) mass is 256 g/mol. The molecule has 1 aliphatic rings. The molecule has 2 aromatic rings. The highest BCUT2D eigenvalue weighted by atomic mass is 15.5. The number of para-hydroxylation sites is 2. The van der Waals surface area contributed by atoms with E-state index in [1.807, 2.05) is 24.3 Å². The van der Waals surface area contributed by atoms with E-state index in [9.17, 15) is 0 Å². The van der Waals surface area contributed by atoms with Gasteiger partial charge < -0.3 is 4.90 Å². The summed E-state index contributed by atoms with van der Waals surface area (Å²) in [5, 5.41) is 6.59. The molecule has 1 saturated heterocycles. The fraction of sp³-hybridized carbons (Fsp3) is 0.357. The molecule has 3 rings (SSSR count). The van der Waals surface area contributed by atoms with Crippen molar-refractivity contribution in [3.05, 3.63) is 36.2 Å². The lowest BCUT2D eigenvalue weighted by Gasteiger charge is -2.27. The van der Waals surface area contributed by atoms with Gasteiger partial charge in [0.05, 0.1) is 56.7 Å². The number of piperazine rings is 1. The Morgan fingerprint density at radius 1 is 1.21 bits per heavy atom. The van der Waals surface area contributed by atoms with Crippen LogP contribution in [0.4, 0.5) is 0 Å². The zero-order valence-corrected chi connectivity index (χ0v) is 11.1. The van der Waals surface area contributed by atoms with E-state index in [0.717, 1.165) is 42.9 Å². The third kappa shape index (κ3) is 2.88. The molecular weight excluding hydrogens is 238 g/mol. The molecule has 1 fully saturated rings. The first kappa shape index (κ1) is 12.0. The molecule has 5 heteroatoms. The van der Waals surface area contributed by atoms with Crippen molar-refractivity contribution in [2.45, 2.75) is 0 Å². The third-order valence-electron chi connectivity index (χ3n) is 3.41. The van der Waals surface area contributed by atoms with Gasteiger partial charge >= 0.3 is 0 Å². The number of quaternary nitrogens is 1. The molecule has 2 heterocycles. The van der Waals surface area contributed by atoms with Gasteiger partial charge in [0, 0.05) is 0 Å². The number of hydrazone groups is 1. The smallest absolute Gasteiger partial charge is 0.102 e. The second kappa shape index (κ2) is 5.32. The first-order valence-corrected chi connectivity index (χ1v) is 6.63. The molecule has 1 N–H and O–H groups in total. The van der Waals surface area contributed by atoms with Crippen molar-refractivity contribution >= 4 is 17.2 Å². The normalized spacial score (nSPS) is 17.4. The molecule has 98 valence electrons. The highest BCUT2D eigenvalue weighted by molar-refractivity contribution is 5.81. The Kier molecular flexibility index (Phi) is 3.37. The predicted molar refractivity (Wildman–Crippen MR) is 75.3 cm³/mol. The van der Waals surface area contributed by atoms with Crippen LogP contribution in [0.5, 0.6) is 0 Å². The van der Waals surface area contributed by atoms with Gasteiger partial charge in [0.1, 0.15) is 5.69 Å². The summed E-state index contributed by atoms with van der Waals surface area (Å²) in [5.41, 5.74) is 2.64. The van der Waals surface area contributed by atoms with Crippen molar-refractivity contribution in [3.8, 4) is 0 Å². The van der Waals surface area contributed by atoms with E-state index >= 15 is 0 Å². The van der Waals surface area contributed by atoms with Gasteiger partial charge in [-0.15, -0.1) is 0 Å². The van der Waals surface area contributed by atoms with Gasteiger partial charge in [0.2, 0.25) is 0 Å². The standard InChI is InChI=1S/C14H17N5/c1-18-6-8-19(9-7-18)16-11-12-10-15-13-4-2-3-5-14(13)17-12/h2-5,10-11H,6-9H2,1H3/p+1/b16-11-. The van der Waals surface area contributed by atoms with Crippen LogP contribution < -0.4 is 4.90 Å². The topological polar surface area (TPSA) is 45.8 Å². The van der Waals surface area contributed by atoms with Crippen LogP contribution in [0.25, 0.3) is 11.0 Å². The largest absolute Gasteiger partial charge is 0.334 e. The molecule has 0 atom stereocenters. The molecule has 0 unspecified atom stereocenters.